The fourth-order valence-electron chi connectivity index (χ4n) is 3.81. The number of nitrogens with one attached hydrogen (secondary N) is 1. The molecule has 208 valence electrons. The van der Waals surface area contributed by atoms with Gasteiger partial charge in [-0.2, -0.15) is 13.2 Å². The fraction of sp³-hybridized carbons (Fsp3) is 0.583. The maximum atomic E-state index is 12.9. The van der Waals surface area contributed by atoms with Crippen molar-refractivity contribution in [1.29, 1.82) is 0 Å². The van der Waals surface area contributed by atoms with Gasteiger partial charge < -0.3 is 14.7 Å². The summed E-state index contributed by atoms with van der Waals surface area (Å²) < 4.78 is 61.2. The topological polar surface area (TPSA) is 68.3 Å². The van der Waals surface area contributed by atoms with Gasteiger partial charge in [0.2, 0.25) is 0 Å². The molecule has 0 radical (unpaired) electrons. The molecule has 2 N–H and O–H groups in total. The number of nitrogens with zero attached hydrogens (tertiary/aromatic N) is 3. The molecular formula is C24H35F3N4O3S3. The molecule has 3 heterocycles. The summed E-state index contributed by atoms with van der Waals surface area (Å²) in [7, 11) is 1.15. The van der Waals surface area contributed by atoms with Crippen molar-refractivity contribution in [1.82, 2.24) is 13.9 Å². The maximum Gasteiger partial charge on any atom is 0.421 e. The summed E-state index contributed by atoms with van der Waals surface area (Å²) in [6.45, 7) is 7.41. The van der Waals surface area contributed by atoms with Gasteiger partial charge >= 0.3 is 6.18 Å². The molecular weight excluding hydrogens is 545 g/mol. The molecule has 37 heavy (non-hydrogen) atoms. The van der Waals surface area contributed by atoms with E-state index < -0.39 is 22.8 Å². The smallest absolute Gasteiger partial charge is 0.378 e. The van der Waals surface area contributed by atoms with E-state index >= 15 is 0 Å². The van der Waals surface area contributed by atoms with Crippen molar-refractivity contribution in [3.8, 4) is 0 Å². The fourth-order valence-corrected chi connectivity index (χ4v) is 6.08. The molecule has 4 rings (SSSR count). The molecule has 0 aliphatic carbocycles. The van der Waals surface area contributed by atoms with Gasteiger partial charge in [-0.05, 0) is 55.1 Å². The van der Waals surface area contributed by atoms with E-state index in [2.05, 4.69) is 37.3 Å². The van der Waals surface area contributed by atoms with Crippen molar-refractivity contribution in [3.63, 3.8) is 0 Å². The minimum Gasteiger partial charge on any atom is -0.378 e. The van der Waals surface area contributed by atoms with Gasteiger partial charge in [0.25, 0.3) is 0 Å². The molecule has 1 aromatic carbocycles. The van der Waals surface area contributed by atoms with Crippen LogP contribution in [0.5, 0.6) is 0 Å². The lowest BCUT2D eigenvalue weighted by molar-refractivity contribution is -0.258. The molecule has 0 amide bonds. The number of aliphatic hydroxyl groups is 1. The van der Waals surface area contributed by atoms with E-state index in [1.807, 2.05) is 6.07 Å². The first-order valence-corrected chi connectivity index (χ1v) is 15.1. The lowest BCUT2D eigenvalue weighted by Gasteiger charge is -2.35. The van der Waals surface area contributed by atoms with Crippen LogP contribution in [0.2, 0.25) is 0 Å². The van der Waals surface area contributed by atoms with Gasteiger partial charge in [-0.1, -0.05) is 18.2 Å². The highest BCUT2D eigenvalue weighted by molar-refractivity contribution is 7.98. The predicted molar refractivity (Wildman–Crippen MR) is 145 cm³/mol. The Kier molecular flexibility index (Phi) is 11.3. The van der Waals surface area contributed by atoms with Crippen LogP contribution < -0.4 is 9.62 Å². The van der Waals surface area contributed by atoms with Gasteiger partial charge in [-0.15, -0.1) is 11.3 Å². The second-order valence-corrected chi connectivity index (χ2v) is 12.6. The number of hydrogen-bond acceptors (Lipinski definition) is 8. The normalized spacial score (nSPS) is 22.1. The molecule has 2 aliphatic rings. The minimum atomic E-state index is -4.70. The summed E-state index contributed by atoms with van der Waals surface area (Å²) in [5.41, 5.74) is -2.10. The summed E-state index contributed by atoms with van der Waals surface area (Å²) in [5.74, 6) is 0. The van der Waals surface area contributed by atoms with Crippen molar-refractivity contribution in [2.75, 3.05) is 70.7 Å². The Labute approximate surface area is 227 Å². The van der Waals surface area contributed by atoms with E-state index in [4.69, 9.17) is 4.74 Å². The van der Waals surface area contributed by atoms with Crippen molar-refractivity contribution >= 4 is 40.0 Å². The van der Waals surface area contributed by atoms with Crippen LogP contribution in [-0.2, 0) is 21.3 Å². The number of piperazine rings is 1. The monoisotopic (exact) mass is 580 g/mol. The SMILES string of the molecule is CC(O)(c1ccc(N2CCN(Sc3cccs3)CC2)cc1)C(F)(F)F.CN1CCOCC1CNS(C)=O. The van der Waals surface area contributed by atoms with Crippen molar-refractivity contribution in [2.24, 2.45) is 0 Å². The minimum absolute atomic E-state index is 0.143. The van der Waals surface area contributed by atoms with Crippen LogP contribution in [0.1, 0.15) is 12.5 Å². The van der Waals surface area contributed by atoms with Crippen molar-refractivity contribution in [3.05, 3.63) is 47.3 Å². The molecule has 2 fully saturated rings. The zero-order valence-electron chi connectivity index (χ0n) is 21.2. The molecule has 2 aromatic rings. The second-order valence-electron chi connectivity index (χ2n) is 9.07. The van der Waals surface area contributed by atoms with Crippen LogP contribution in [0.3, 0.4) is 0 Å². The molecule has 3 atom stereocenters. The summed E-state index contributed by atoms with van der Waals surface area (Å²) in [5, 5.41) is 11.8. The number of alkyl halides is 3. The molecule has 0 bridgehead atoms. The number of ether oxygens (including phenoxy) is 1. The van der Waals surface area contributed by atoms with Gasteiger partial charge in [0.15, 0.2) is 5.60 Å². The quantitative estimate of drug-likeness (QED) is 0.486. The van der Waals surface area contributed by atoms with Gasteiger partial charge in [0, 0.05) is 57.3 Å². The third kappa shape index (κ3) is 8.92. The van der Waals surface area contributed by atoms with Crippen LogP contribution in [0, 0.1) is 0 Å². The molecule has 2 aliphatic heterocycles. The second kappa shape index (κ2) is 13.7. The number of morpholine rings is 1. The number of likely N-dealkylation sites (N-methyl/N-ethyl adjacent to an activating group) is 1. The Bertz CT molecular complexity index is 970. The first-order chi connectivity index (χ1) is 17.5. The Morgan fingerprint density at radius 1 is 1.16 bits per heavy atom. The average Bonchev–Trinajstić information content (AvgIpc) is 3.37. The Morgan fingerprint density at radius 2 is 1.84 bits per heavy atom. The molecule has 0 spiro atoms. The van der Waals surface area contributed by atoms with Crippen LogP contribution in [-0.4, -0.2) is 96.5 Å². The standard InChI is InChI=1S/C17H19F3N2OS2.C7H16N2O2S/c1-16(23,17(18,19)20)13-4-6-14(7-5-13)21-8-10-22(11-9-21)25-15-3-2-12-24-15;1-9-3-4-11-6-7(9)5-8-12(2)10/h2-7,12,23H,8-11H2,1H3;7-8H,3-6H2,1-2H3. The Balaban J connectivity index is 0.000000266. The number of halogens is 3. The Morgan fingerprint density at radius 3 is 2.38 bits per heavy atom. The van der Waals surface area contributed by atoms with E-state index in [0.717, 1.165) is 65.1 Å². The first kappa shape index (κ1) is 30.4. The van der Waals surface area contributed by atoms with Crippen LogP contribution in [0.25, 0.3) is 0 Å². The molecule has 2 saturated heterocycles. The van der Waals surface area contributed by atoms with E-state index in [0.29, 0.717) is 6.04 Å². The van der Waals surface area contributed by atoms with Crippen molar-refractivity contribution in [2.45, 2.75) is 29.0 Å². The van der Waals surface area contributed by atoms with Gasteiger partial charge in [-0.3, -0.25) is 4.90 Å². The molecule has 3 unspecified atom stereocenters. The highest BCUT2D eigenvalue weighted by atomic mass is 32.2. The molecule has 13 heteroatoms. The van der Waals surface area contributed by atoms with Crippen LogP contribution in [0.15, 0.2) is 46.0 Å². The summed E-state index contributed by atoms with van der Waals surface area (Å²) in [4.78, 5) is 4.38. The largest absolute Gasteiger partial charge is 0.421 e. The number of benzene rings is 1. The van der Waals surface area contributed by atoms with E-state index in [1.54, 1.807) is 41.7 Å². The zero-order valence-corrected chi connectivity index (χ0v) is 23.7. The van der Waals surface area contributed by atoms with Crippen LogP contribution >= 0.6 is 23.3 Å². The Hall–Kier alpha value is -1.19. The van der Waals surface area contributed by atoms with Crippen LogP contribution in [0.4, 0.5) is 18.9 Å². The van der Waals surface area contributed by atoms with Crippen molar-refractivity contribution < 1.29 is 27.2 Å². The van der Waals surface area contributed by atoms with Gasteiger partial charge in [0.05, 0.1) is 28.4 Å². The van der Waals surface area contributed by atoms with E-state index in [-0.39, 0.29) is 5.56 Å². The number of thiophene rings is 1. The van der Waals surface area contributed by atoms with E-state index in [9.17, 15) is 22.5 Å². The molecule has 0 saturated carbocycles. The first-order valence-electron chi connectivity index (χ1n) is 11.9. The molecule has 1 aromatic heterocycles. The highest BCUT2D eigenvalue weighted by Gasteiger charge is 2.51. The summed E-state index contributed by atoms with van der Waals surface area (Å²) >= 11 is 3.46. The number of anilines is 1. The maximum absolute atomic E-state index is 12.9. The van der Waals surface area contributed by atoms with Gasteiger partial charge in [-0.25, -0.2) is 13.2 Å². The molecule has 7 nitrogen and oxygen atoms in total. The predicted octanol–water partition coefficient (Wildman–Crippen LogP) is 3.55. The third-order valence-electron chi connectivity index (χ3n) is 6.34. The summed E-state index contributed by atoms with van der Waals surface area (Å²) in [6.07, 6.45) is -3.05. The van der Waals surface area contributed by atoms with Gasteiger partial charge in [0.1, 0.15) is 0 Å². The third-order valence-corrected chi connectivity index (χ3v) is 9.03. The number of hydrogen-bond donors (Lipinski definition) is 2. The zero-order chi connectivity index (χ0) is 27.1. The lowest BCUT2D eigenvalue weighted by atomic mass is 9.95. The number of rotatable bonds is 7. The highest BCUT2D eigenvalue weighted by Crippen LogP contribution is 2.39. The van der Waals surface area contributed by atoms with E-state index in [1.165, 1.54) is 16.3 Å². The summed E-state index contributed by atoms with van der Waals surface area (Å²) in [6, 6.07) is 10.5. The lowest BCUT2D eigenvalue weighted by Crippen LogP contribution is -2.48. The average molecular weight is 581 g/mol.